The normalized spacial score (nSPS) is 12.1. The van der Waals surface area contributed by atoms with Crippen molar-refractivity contribution in [3.05, 3.63) is 24.3 Å². The summed E-state index contributed by atoms with van der Waals surface area (Å²) in [6, 6.07) is 4.98. The molecule has 0 heterocycles. The SMILES string of the molecule is CS(=O)(=O)c1ccc(S(=O)(=O)NCCCCCC(=O)NO)cc1. The molecule has 0 spiro atoms. The van der Waals surface area contributed by atoms with Crippen molar-refractivity contribution in [1.29, 1.82) is 0 Å². The summed E-state index contributed by atoms with van der Waals surface area (Å²) in [5.41, 5.74) is 1.52. The monoisotopic (exact) mass is 364 g/mol. The lowest BCUT2D eigenvalue weighted by Crippen LogP contribution is -2.25. The molecule has 0 aliphatic rings. The molecule has 1 rings (SSSR count). The fourth-order valence-electron chi connectivity index (χ4n) is 1.80. The summed E-state index contributed by atoms with van der Waals surface area (Å²) >= 11 is 0. The Bertz CT molecular complexity index is 726. The molecule has 0 fully saturated rings. The number of amides is 1. The van der Waals surface area contributed by atoms with E-state index in [0.29, 0.717) is 19.3 Å². The molecule has 1 amide bonds. The molecule has 0 atom stereocenters. The second kappa shape index (κ2) is 8.39. The summed E-state index contributed by atoms with van der Waals surface area (Å²) in [4.78, 5) is 10.8. The Balaban J connectivity index is 2.49. The third-order valence-corrected chi connectivity index (χ3v) is 5.66. The predicted octanol–water partition coefficient (Wildman–Crippen LogP) is 0.434. The van der Waals surface area contributed by atoms with Crippen LogP contribution in [-0.4, -0.2) is 40.8 Å². The Labute approximate surface area is 135 Å². The number of nitrogens with one attached hydrogen (secondary N) is 2. The van der Waals surface area contributed by atoms with Crippen molar-refractivity contribution in [1.82, 2.24) is 10.2 Å². The van der Waals surface area contributed by atoms with Crippen molar-refractivity contribution in [3.63, 3.8) is 0 Å². The van der Waals surface area contributed by atoms with Gasteiger partial charge >= 0.3 is 0 Å². The van der Waals surface area contributed by atoms with Crippen molar-refractivity contribution < 1.29 is 26.8 Å². The Kier molecular flexibility index (Phi) is 7.13. The van der Waals surface area contributed by atoms with Crippen molar-refractivity contribution >= 4 is 25.8 Å². The molecule has 0 bridgehead atoms. The summed E-state index contributed by atoms with van der Waals surface area (Å²) in [7, 11) is -7.06. The van der Waals surface area contributed by atoms with Gasteiger partial charge in [0.25, 0.3) is 0 Å². The second-order valence-electron chi connectivity index (χ2n) is 4.99. The van der Waals surface area contributed by atoms with Crippen LogP contribution in [0.2, 0.25) is 0 Å². The number of benzene rings is 1. The van der Waals surface area contributed by atoms with Gasteiger partial charge in [0.15, 0.2) is 9.84 Å². The minimum Gasteiger partial charge on any atom is -0.289 e. The van der Waals surface area contributed by atoms with E-state index >= 15 is 0 Å². The second-order valence-corrected chi connectivity index (χ2v) is 8.77. The minimum absolute atomic E-state index is 0.00967. The highest BCUT2D eigenvalue weighted by Crippen LogP contribution is 2.14. The number of hydrogen-bond donors (Lipinski definition) is 3. The zero-order chi connectivity index (χ0) is 17.5. The van der Waals surface area contributed by atoms with Gasteiger partial charge < -0.3 is 0 Å². The molecular weight excluding hydrogens is 344 g/mol. The number of sulfonamides is 1. The van der Waals surface area contributed by atoms with E-state index in [1.807, 2.05) is 0 Å². The third kappa shape index (κ3) is 6.65. The molecule has 23 heavy (non-hydrogen) atoms. The topological polar surface area (TPSA) is 130 Å². The van der Waals surface area contributed by atoms with Crippen LogP contribution in [0.5, 0.6) is 0 Å². The lowest BCUT2D eigenvalue weighted by Gasteiger charge is -2.07. The van der Waals surface area contributed by atoms with E-state index < -0.39 is 25.8 Å². The molecule has 0 aliphatic carbocycles. The molecule has 130 valence electrons. The standard InChI is InChI=1S/C13H20N2O6S2/c1-22(18,19)11-6-8-12(9-7-11)23(20,21)14-10-4-2-3-5-13(16)15-17/h6-9,14,17H,2-5,10H2,1H3,(H,15,16). The summed E-state index contributed by atoms with van der Waals surface area (Å²) in [5, 5.41) is 8.31. The van der Waals surface area contributed by atoms with Gasteiger partial charge in [-0.1, -0.05) is 6.42 Å². The Morgan fingerprint density at radius 1 is 1.00 bits per heavy atom. The van der Waals surface area contributed by atoms with Gasteiger partial charge in [-0.05, 0) is 37.1 Å². The minimum atomic E-state index is -3.69. The van der Waals surface area contributed by atoms with Gasteiger partial charge in [0, 0.05) is 19.2 Å². The molecule has 3 N–H and O–H groups in total. The van der Waals surface area contributed by atoms with Crippen LogP contribution in [0.1, 0.15) is 25.7 Å². The summed E-state index contributed by atoms with van der Waals surface area (Å²) in [6.07, 6.45) is 2.93. The van der Waals surface area contributed by atoms with Gasteiger partial charge in [0.1, 0.15) is 0 Å². The lowest BCUT2D eigenvalue weighted by atomic mass is 10.2. The highest BCUT2D eigenvalue weighted by atomic mass is 32.2. The van der Waals surface area contributed by atoms with Gasteiger partial charge in [0.05, 0.1) is 9.79 Å². The first kappa shape index (κ1) is 19.6. The average Bonchev–Trinajstić information content (AvgIpc) is 2.49. The van der Waals surface area contributed by atoms with Crippen molar-refractivity contribution in [3.8, 4) is 0 Å². The van der Waals surface area contributed by atoms with Crippen LogP contribution in [0.4, 0.5) is 0 Å². The van der Waals surface area contributed by atoms with Crippen LogP contribution in [0, 0.1) is 0 Å². The van der Waals surface area contributed by atoms with Crippen LogP contribution in [0.25, 0.3) is 0 Å². The Hall–Kier alpha value is -1.49. The highest BCUT2D eigenvalue weighted by molar-refractivity contribution is 7.90. The summed E-state index contributed by atoms with van der Waals surface area (Å²) in [6.45, 7) is 0.205. The molecule has 0 unspecified atom stereocenters. The number of carbonyl (C=O) groups is 1. The Morgan fingerprint density at radius 2 is 1.57 bits per heavy atom. The lowest BCUT2D eigenvalue weighted by molar-refractivity contribution is -0.129. The quantitative estimate of drug-likeness (QED) is 0.331. The van der Waals surface area contributed by atoms with Gasteiger partial charge in [-0.15, -0.1) is 0 Å². The number of unbranched alkanes of at least 4 members (excludes halogenated alkanes) is 2. The summed E-state index contributed by atoms with van der Waals surface area (Å²) in [5.74, 6) is -0.475. The molecule has 0 aliphatic heterocycles. The maximum absolute atomic E-state index is 12.0. The molecule has 1 aromatic rings. The molecule has 8 nitrogen and oxygen atoms in total. The summed E-state index contributed by atoms with van der Waals surface area (Å²) < 4.78 is 49.1. The van der Waals surface area contributed by atoms with E-state index in [1.54, 1.807) is 0 Å². The number of sulfone groups is 1. The van der Waals surface area contributed by atoms with Crippen LogP contribution in [0.15, 0.2) is 34.1 Å². The van der Waals surface area contributed by atoms with Crippen molar-refractivity contribution in [2.45, 2.75) is 35.5 Å². The van der Waals surface area contributed by atoms with Crippen LogP contribution in [0.3, 0.4) is 0 Å². The maximum Gasteiger partial charge on any atom is 0.243 e. The number of hydroxylamine groups is 1. The first-order valence-corrected chi connectivity index (χ1v) is 10.3. The zero-order valence-corrected chi connectivity index (χ0v) is 14.3. The van der Waals surface area contributed by atoms with Crippen LogP contribution >= 0.6 is 0 Å². The van der Waals surface area contributed by atoms with E-state index in [2.05, 4.69) is 4.72 Å². The average molecular weight is 364 g/mol. The number of rotatable bonds is 9. The first-order chi connectivity index (χ1) is 10.7. The largest absolute Gasteiger partial charge is 0.289 e. The van der Waals surface area contributed by atoms with E-state index in [0.717, 1.165) is 6.26 Å². The number of carbonyl (C=O) groups excluding carboxylic acids is 1. The fraction of sp³-hybridized carbons (Fsp3) is 0.462. The van der Waals surface area contributed by atoms with Gasteiger partial charge in [-0.25, -0.2) is 27.0 Å². The smallest absolute Gasteiger partial charge is 0.243 e. The van der Waals surface area contributed by atoms with Crippen LogP contribution < -0.4 is 10.2 Å². The predicted molar refractivity (Wildman–Crippen MR) is 83.1 cm³/mol. The molecular formula is C13H20N2O6S2. The Morgan fingerprint density at radius 3 is 2.09 bits per heavy atom. The molecule has 0 saturated carbocycles. The maximum atomic E-state index is 12.0. The van der Waals surface area contributed by atoms with Crippen LogP contribution in [-0.2, 0) is 24.7 Å². The van der Waals surface area contributed by atoms with Gasteiger partial charge in [-0.3, -0.25) is 10.0 Å². The van der Waals surface area contributed by atoms with Crippen molar-refractivity contribution in [2.75, 3.05) is 12.8 Å². The zero-order valence-electron chi connectivity index (χ0n) is 12.6. The van der Waals surface area contributed by atoms with E-state index in [-0.39, 0.29) is 22.8 Å². The number of hydrogen-bond acceptors (Lipinski definition) is 6. The molecule has 0 saturated heterocycles. The van der Waals surface area contributed by atoms with Crippen molar-refractivity contribution in [2.24, 2.45) is 0 Å². The molecule has 10 heteroatoms. The third-order valence-electron chi connectivity index (χ3n) is 3.06. The van der Waals surface area contributed by atoms with Gasteiger partial charge in [-0.2, -0.15) is 0 Å². The van der Waals surface area contributed by atoms with E-state index in [1.165, 1.54) is 29.7 Å². The molecule has 0 aromatic heterocycles. The first-order valence-electron chi connectivity index (χ1n) is 6.89. The van der Waals surface area contributed by atoms with E-state index in [4.69, 9.17) is 5.21 Å². The fourth-order valence-corrected chi connectivity index (χ4v) is 3.50. The van der Waals surface area contributed by atoms with E-state index in [9.17, 15) is 21.6 Å². The molecule has 0 radical (unpaired) electrons. The van der Waals surface area contributed by atoms with Gasteiger partial charge in [0.2, 0.25) is 15.9 Å². The highest BCUT2D eigenvalue weighted by Gasteiger charge is 2.15. The molecule has 1 aromatic carbocycles.